The van der Waals surface area contributed by atoms with Crippen LogP contribution in [-0.4, -0.2) is 3.76 Å². The molecule has 0 aliphatic heterocycles. The number of benzene rings is 1. The van der Waals surface area contributed by atoms with E-state index in [1.54, 1.807) is 0 Å². The average molecular weight is 282 g/mol. The molecule has 0 unspecified atom stereocenters. The summed E-state index contributed by atoms with van der Waals surface area (Å²) in [6.45, 7) is 0. The van der Waals surface area contributed by atoms with Crippen LogP contribution >= 0.6 is 47.0 Å². The van der Waals surface area contributed by atoms with Gasteiger partial charge in [-0.1, -0.05) is 34.7 Å². The van der Waals surface area contributed by atoms with Crippen molar-refractivity contribution in [2.24, 2.45) is 0 Å². The van der Waals surface area contributed by atoms with Crippen LogP contribution in [0, 0.1) is 0 Å². The molecule has 0 saturated carbocycles. The second-order valence-electron chi connectivity index (χ2n) is 1.72. The Labute approximate surface area is 84.3 Å². The third-order valence-electron chi connectivity index (χ3n) is 1.08. The SMILES string of the molecule is Sc1ccccc1SCI. The van der Waals surface area contributed by atoms with Crippen molar-refractivity contribution in [1.82, 2.24) is 0 Å². The quantitative estimate of drug-likeness (QED) is 0.375. The van der Waals surface area contributed by atoms with E-state index < -0.39 is 0 Å². The second kappa shape index (κ2) is 4.51. The molecule has 3 heteroatoms. The van der Waals surface area contributed by atoms with Gasteiger partial charge < -0.3 is 0 Å². The van der Waals surface area contributed by atoms with Crippen molar-refractivity contribution < 1.29 is 0 Å². The molecule has 0 aromatic heterocycles. The third-order valence-corrected chi connectivity index (χ3v) is 3.33. The Morgan fingerprint density at radius 3 is 2.70 bits per heavy atom. The Morgan fingerprint density at radius 1 is 1.40 bits per heavy atom. The van der Waals surface area contributed by atoms with Gasteiger partial charge in [0.15, 0.2) is 0 Å². The molecule has 0 aliphatic carbocycles. The predicted molar refractivity (Wildman–Crippen MR) is 58.4 cm³/mol. The summed E-state index contributed by atoms with van der Waals surface area (Å²) in [4.78, 5) is 2.34. The molecule has 0 heterocycles. The number of thioether (sulfide) groups is 1. The zero-order valence-corrected chi connectivity index (χ0v) is 9.12. The van der Waals surface area contributed by atoms with Crippen LogP contribution in [-0.2, 0) is 0 Å². The van der Waals surface area contributed by atoms with Crippen molar-refractivity contribution in [2.75, 3.05) is 3.76 Å². The van der Waals surface area contributed by atoms with E-state index in [1.165, 1.54) is 4.90 Å². The number of halogens is 1. The Morgan fingerprint density at radius 2 is 2.10 bits per heavy atom. The van der Waals surface area contributed by atoms with E-state index in [0.717, 1.165) is 8.66 Å². The van der Waals surface area contributed by atoms with Crippen molar-refractivity contribution in [3.63, 3.8) is 0 Å². The Hall–Kier alpha value is 0.650. The number of alkyl halides is 1. The van der Waals surface area contributed by atoms with Crippen molar-refractivity contribution in [2.45, 2.75) is 9.79 Å². The molecule has 1 rings (SSSR count). The van der Waals surface area contributed by atoms with Gasteiger partial charge in [-0.15, -0.1) is 24.4 Å². The summed E-state index contributed by atoms with van der Waals surface area (Å²) >= 11 is 8.46. The third kappa shape index (κ3) is 2.36. The van der Waals surface area contributed by atoms with E-state index in [0.29, 0.717) is 0 Å². The molecule has 1 aromatic rings. The van der Waals surface area contributed by atoms with Crippen LogP contribution in [0.25, 0.3) is 0 Å². The number of hydrogen-bond donors (Lipinski definition) is 1. The summed E-state index contributed by atoms with van der Waals surface area (Å²) in [7, 11) is 0. The smallest absolute Gasteiger partial charge is 0.0502 e. The number of rotatable bonds is 2. The minimum Gasteiger partial charge on any atom is -0.142 e. The van der Waals surface area contributed by atoms with Crippen LogP contribution in [0.15, 0.2) is 34.1 Å². The van der Waals surface area contributed by atoms with Crippen LogP contribution in [0.4, 0.5) is 0 Å². The molecule has 0 spiro atoms. The van der Waals surface area contributed by atoms with Crippen molar-refractivity contribution in [1.29, 1.82) is 0 Å². The second-order valence-corrected chi connectivity index (χ2v) is 5.02. The first-order valence-corrected chi connectivity index (χ1v) is 5.77. The maximum atomic E-state index is 4.31. The maximum Gasteiger partial charge on any atom is 0.0502 e. The standard InChI is InChI=1S/C7H7IS2/c8-5-10-7-4-2-1-3-6(7)9/h1-4,9H,5H2. The molecule has 0 saturated heterocycles. The van der Waals surface area contributed by atoms with Gasteiger partial charge in [-0.25, -0.2) is 0 Å². The van der Waals surface area contributed by atoms with E-state index in [4.69, 9.17) is 0 Å². The van der Waals surface area contributed by atoms with Gasteiger partial charge in [0.25, 0.3) is 0 Å². The highest BCUT2D eigenvalue weighted by Crippen LogP contribution is 2.26. The molecular weight excluding hydrogens is 275 g/mol. The highest BCUT2D eigenvalue weighted by atomic mass is 127. The van der Waals surface area contributed by atoms with E-state index in [2.05, 4.69) is 41.3 Å². The molecule has 0 aliphatic rings. The normalized spacial score (nSPS) is 9.80. The van der Waals surface area contributed by atoms with Crippen molar-refractivity contribution in [3.8, 4) is 0 Å². The zero-order valence-electron chi connectivity index (χ0n) is 5.25. The largest absolute Gasteiger partial charge is 0.142 e. The van der Waals surface area contributed by atoms with Gasteiger partial charge >= 0.3 is 0 Å². The Bertz CT molecular complexity index is 213. The summed E-state index contributed by atoms with van der Waals surface area (Å²) in [6.07, 6.45) is 0. The summed E-state index contributed by atoms with van der Waals surface area (Å²) in [5.41, 5.74) is 0. The summed E-state index contributed by atoms with van der Waals surface area (Å²) in [6, 6.07) is 8.14. The number of hydrogen-bond acceptors (Lipinski definition) is 2. The maximum absolute atomic E-state index is 4.31. The van der Waals surface area contributed by atoms with Gasteiger partial charge in [0, 0.05) is 9.79 Å². The molecule has 54 valence electrons. The van der Waals surface area contributed by atoms with Crippen molar-refractivity contribution in [3.05, 3.63) is 24.3 Å². The first-order chi connectivity index (χ1) is 4.84. The molecule has 0 bridgehead atoms. The van der Waals surface area contributed by atoms with Crippen molar-refractivity contribution >= 4 is 47.0 Å². The minimum atomic E-state index is 1.07. The van der Waals surface area contributed by atoms with Gasteiger partial charge in [-0.05, 0) is 12.1 Å². The first kappa shape index (κ1) is 8.74. The lowest BCUT2D eigenvalue weighted by Crippen LogP contribution is -1.72. The van der Waals surface area contributed by atoms with E-state index in [-0.39, 0.29) is 0 Å². The fourth-order valence-electron chi connectivity index (χ4n) is 0.638. The first-order valence-electron chi connectivity index (χ1n) is 2.81. The van der Waals surface area contributed by atoms with Gasteiger partial charge in [0.2, 0.25) is 0 Å². The van der Waals surface area contributed by atoms with Gasteiger partial charge in [0.1, 0.15) is 0 Å². The summed E-state index contributed by atoms with van der Waals surface area (Å²) < 4.78 is 1.08. The fourth-order valence-corrected chi connectivity index (χ4v) is 2.51. The molecule has 0 atom stereocenters. The lowest BCUT2D eigenvalue weighted by atomic mass is 10.4. The molecule has 0 N–H and O–H groups in total. The summed E-state index contributed by atoms with van der Waals surface area (Å²) in [5.74, 6) is 0. The molecule has 0 amide bonds. The van der Waals surface area contributed by atoms with Gasteiger partial charge in [-0.2, -0.15) is 0 Å². The molecule has 10 heavy (non-hydrogen) atoms. The monoisotopic (exact) mass is 282 g/mol. The van der Waals surface area contributed by atoms with Gasteiger partial charge in [-0.3, -0.25) is 0 Å². The van der Waals surface area contributed by atoms with Crippen LogP contribution in [0.2, 0.25) is 0 Å². The topological polar surface area (TPSA) is 0 Å². The lowest BCUT2D eigenvalue weighted by Gasteiger charge is -1.99. The number of thiol groups is 1. The van der Waals surface area contributed by atoms with E-state index >= 15 is 0 Å². The van der Waals surface area contributed by atoms with Gasteiger partial charge in [0.05, 0.1) is 3.76 Å². The predicted octanol–water partition coefficient (Wildman–Crippen LogP) is 3.46. The van der Waals surface area contributed by atoms with Crippen LogP contribution in [0.1, 0.15) is 0 Å². The minimum absolute atomic E-state index is 1.07. The molecular formula is C7H7IS2. The molecule has 0 radical (unpaired) electrons. The highest BCUT2D eigenvalue weighted by molar-refractivity contribution is 14.1. The summed E-state index contributed by atoms with van der Waals surface area (Å²) in [5, 5.41) is 0. The Balaban J connectivity index is 2.81. The molecule has 1 aromatic carbocycles. The van der Waals surface area contributed by atoms with Crippen LogP contribution in [0.5, 0.6) is 0 Å². The molecule has 0 nitrogen and oxygen atoms in total. The fraction of sp³-hybridized carbons (Fsp3) is 0.143. The lowest BCUT2D eigenvalue weighted by molar-refractivity contribution is 1.26. The molecule has 0 fully saturated rings. The Kier molecular flexibility index (Phi) is 3.95. The van der Waals surface area contributed by atoms with Crippen LogP contribution in [0.3, 0.4) is 0 Å². The zero-order chi connectivity index (χ0) is 7.40. The van der Waals surface area contributed by atoms with Crippen LogP contribution < -0.4 is 0 Å². The van der Waals surface area contributed by atoms with E-state index in [1.807, 2.05) is 30.0 Å². The highest BCUT2D eigenvalue weighted by Gasteiger charge is 1.94. The average Bonchev–Trinajstić information content (AvgIpc) is 1.94. The van der Waals surface area contributed by atoms with E-state index in [9.17, 15) is 0 Å².